The lowest BCUT2D eigenvalue weighted by Gasteiger charge is -2.14. The van der Waals surface area contributed by atoms with Crippen LogP contribution in [0.25, 0.3) is 0 Å². The molecule has 0 N–H and O–H groups in total. The molecule has 0 aromatic rings. The topological polar surface area (TPSA) is 55.8 Å². The zero-order valence-corrected chi connectivity index (χ0v) is 8.28. The SMILES string of the molecule is C=CC(=O)OCN(C)OC(=O)C(=C)C. The lowest BCUT2D eigenvalue weighted by Crippen LogP contribution is -2.27. The Morgan fingerprint density at radius 2 is 2.07 bits per heavy atom. The van der Waals surface area contributed by atoms with E-state index in [0.29, 0.717) is 0 Å². The molecule has 0 aliphatic rings. The van der Waals surface area contributed by atoms with Gasteiger partial charge in [0.05, 0.1) is 0 Å². The highest BCUT2D eigenvalue weighted by atomic mass is 16.7. The third kappa shape index (κ3) is 5.10. The second-order valence-electron chi connectivity index (χ2n) is 2.58. The van der Waals surface area contributed by atoms with Gasteiger partial charge in [0.15, 0.2) is 6.73 Å². The van der Waals surface area contributed by atoms with Crippen LogP contribution in [0.1, 0.15) is 6.92 Å². The van der Waals surface area contributed by atoms with Gasteiger partial charge < -0.3 is 9.57 Å². The fourth-order valence-electron chi connectivity index (χ4n) is 0.459. The lowest BCUT2D eigenvalue weighted by atomic mass is 10.4. The smallest absolute Gasteiger partial charge is 0.352 e. The first-order valence-electron chi connectivity index (χ1n) is 3.85. The lowest BCUT2D eigenvalue weighted by molar-refractivity contribution is -0.200. The van der Waals surface area contributed by atoms with Gasteiger partial charge in [0.2, 0.25) is 0 Å². The van der Waals surface area contributed by atoms with E-state index in [1.54, 1.807) is 0 Å². The maximum atomic E-state index is 10.9. The van der Waals surface area contributed by atoms with E-state index in [1.165, 1.54) is 14.0 Å². The van der Waals surface area contributed by atoms with E-state index >= 15 is 0 Å². The van der Waals surface area contributed by atoms with E-state index < -0.39 is 11.9 Å². The van der Waals surface area contributed by atoms with Gasteiger partial charge in [0, 0.05) is 18.7 Å². The molecule has 0 aromatic carbocycles. The second kappa shape index (κ2) is 5.93. The molecule has 0 fully saturated rings. The first kappa shape index (κ1) is 12.4. The van der Waals surface area contributed by atoms with Crippen LogP contribution in [0.2, 0.25) is 0 Å². The average molecular weight is 199 g/mol. The normalized spacial score (nSPS) is 9.36. The fourth-order valence-corrected chi connectivity index (χ4v) is 0.459. The number of rotatable bonds is 5. The van der Waals surface area contributed by atoms with Crippen molar-refractivity contribution in [3.63, 3.8) is 0 Å². The van der Waals surface area contributed by atoms with Gasteiger partial charge in [-0.3, -0.25) is 0 Å². The first-order valence-corrected chi connectivity index (χ1v) is 3.85. The Labute approximate surface area is 82.5 Å². The van der Waals surface area contributed by atoms with Gasteiger partial charge in [0.25, 0.3) is 0 Å². The molecule has 0 spiro atoms. The van der Waals surface area contributed by atoms with Crippen LogP contribution in [0.5, 0.6) is 0 Å². The van der Waals surface area contributed by atoms with Crippen LogP contribution in [0.4, 0.5) is 0 Å². The van der Waals surface area contributed by atoms with Crippen LogP contribution in [-0.4, -0.2) is 30.8 Å². The van der Waals surface area contributed by atoms with E-state index in [9.17, 15) is 9.59 Å². The predicted molar refractivity (Wildman–Crippen MR) is 49.8 cm³/mol. The Kier molecular flexibility index (Phi) is 5.24. The van der Waals surface area contributed by atoms with Crippen molar-refractivity contribution in [2.45, 2.75) is 6.92 Å². The average Bonchev–Trinajstić information content (AvgIpc) is 2.13. The molecule has 0 unspecified atom stereocenters. The molecule has 0 heterocycles. The van der Waals surface area contributed by atoms with E-state index in [1.807, 2.05) is 0 Å². The first-order chi connectivity index (χ1) is 6.47. The quantitative estimate of drug-likeness (QED) is 0.281. The maximum absolute atomic E-state index is 10.9. The minimum absolute atomic E-state index is 0.149. The molecule has 78 valence electrons. The number of carbonyl (C=O) groups excluding carboxylic acids is 2. The summed E-state index contributed by atoms with van der Waals surface area (Å²) in [6, 6.07) is 0. The highest BCUT2D eigenvalue weighted by Crippen LogP contribution is 1.95. The van der Waals surface area contributed by atoms with E-state index in [2.05, 4.69) is 17.9 Å². The van der Waals surface area contributed by atoms with Crippen molar-refractivity contribution in [1.29, 1.82) is 0 Å². The number of hydrogen-bond acceptors (Lipinski definition) is 5. The Morgan fingerprint density at radius 1 is 1.50 bits per heavy atom. The highest BCUT2D eigenvalue weighted by Gasteiger charge is 2.08. The summed E-state index contributed by atoms with van der Waals surface area (Å²) < 4.78 is 4.60. The van der Waals surface area contributed by atoms with E-state index in [0.717, 1.165) is 11.1 Å². The fraction of sp³-hybridized carbons (Fsp3) is 0.333. The van der Waals surface area contributed by atoms with Crippen LogP contribution < -0.4 is 0 Å². The summed E-state index contributed by atoms with van der Waals surface area (Å²) in [6.45, 7) is 7.98. The zero-order chi connectivity index (χ0) is 11.1. The van der Waals surface area contributed by atoms with Gasteiger partial charge in [-0.15, -0.1) is 5.06 Å². The van der Waals surface area contributed by atoms with Gasteiger partial charge >= 0.3 is 11.9 Å². The summed E-state index contributed by atoms with van der Waals surface area (Å²) in [7, 11) is 1.46. The predicted octanol–water partition coefficient (Wildman–Crippen LogP) is 0.639. The van der Waals surface area contributed by atoms with Crippen LogP contribution in [0.3, 0.4) is 0 Å². The minimum Gasteiger partial charge on any atom is -0.443 e. The number of nitrogens with zero attached hydrogens (tertiary/aromatic N) is 1. The third-order valence-electron chi connectivity index (χ3n) is 1.14. The number of hydroxylamine groups is 2. The molecule has 0 saturated heterocycles. The van der Waals surface area contributed by atoms with Crippen LogP contribution in [0, 0.1) is 0 Å². The van der Waals surface area contributed by atoms with Gasteiger partial charge in [-0.1, -0.05) is 13.2 Å². The van der Waals surface area contributed by atoms with Crippen molar-refractivity contribution >= 4 is 11.9 Å². The number of esters is 1. The van der Waals surface area contributed by atoms with Crippen molar-refractivity contribution in [3.8, 4) is 0 Å². The van der Waals surface area contributed by atoms with Crippen LogP contribution >= 0.6 is 0 Å². The van der Waals surface area contributed by atoms with Crippen molar-refractivity contribution in [2.24, 2.45) is 0 Å². The standard InChI is InChI=1S/C9H13NO4/c1-5-8(11)13-6-10(4)14-9(12)7(2)3/h5H,1-2,6H2,3-4H3. The summed E-state index contributed by atoms with van der Waals surface area (Å²) >= 11 is 0. The highest BCUT2D eigenvalue weighted by molar-refractivity contribution is 5.86. The molecule has 5 heteroatoms. The molecule has 0 radical (unpaired) electrons. The van der Waals surface area contributed by atoms with E-state index in [4.69, 9.17) is 4.84 Å². The second-order valence-corrected chi connectivity index (χ2v) is 2.58. The Morgan fingerprint density at radius 3 is 2.50 bits per heavy atom. The number of ether oxygens (including phenoxy) is 1. The maximum Gasteiger partial charge on any atom is 0.352 e. The molecule has 0 aliphatic carbocycles. The minimum atomic E-state index is -0.580. The molecule has 0 rings (SSSR count). The molecule has 5 nitrogen and oxygen atoms in total. The van der Waals surface area contributed by atoms with Crippen molar-refractivity contribution in [2.75, 3.05) is 13.8 Å². The summed E-state index contributed by atoms with van der Waals surface area (Å²) in [4.78, 5) is 26.2. The molecule has 0 amide bonds. The van der Waals surface area contributed by atoms with Gasteiger partial charge in [-0.05, 0) is 6.92 Å². The van der Waals surface area contributed by atoms with Crippen LogP contribution in [0.15, 0.2) is 24.8 Å². The molecular formula is C9H13NO4. The summed E-state index contributed by atoms with van der Waals surface area (Å²) in [5, 5.41) is 1.08. The molecule has 0 bridgehead atoms. The Balaban J connectivity index is 3.81. The summed E-state index contributed by atoms with van der Waals surface area (Å²) in [5.41, 5.74) is 0.270. The number of hydrogen-bond donors (Lipinski definition) is 0. The van der Waals surface area contributed by atoms with Crippen LogP contribution in [-0.2, 0) is 19.2 Å². The number of carbonyl (C=O) groups is 2. The molecule has 0 atom stereocenters. The third-order valence-corrected chi connectivity index (χ3v) is 1.14. The van der Waals surface area contributed by atoms with Gasteiger partial charge in [-0.25, -0.2) is 9.59 Å². The molecule has 14 heavy (non-hydrogen) atoms. The summed E-state index contributed by atoms with van der Waals surface area (Å²) in [6.07, 6.45) is 1.02. The Bertz CT molecular complexity index is 260. The van der Waals surface area contributed by atoms with Gasteiger partial charge in [0.1, 0.15) is 0 Å². The van der Waals surface area contributed by atoms with Crippen molar-refractivity contribution < 1.29 is 19.2 Å². The molecule has 0 aromatic heterocycles. The molecule has 0 saturated carbocycles. The molecular weight excluding hydrogens is 186 g/mol. The monoisotopic (exact) mass is 199 g/mol. The van der Waals surface area contributed by atoms with Crippen molar-refractivity contribution in [3.05, 3.63) is 24.8 Å². The van der Waals surface area contributed by atoms with Gasteiger partial charge in [-0.2, -0.15) is 0 Å². The van der Waals surface area contributed by atoms with Crippen molar-refractivity contribution in [1.82, 2.24) is 5.06 Å². The Hall–Kier alpha value is -1.62. The molecule has 0 aliphatic heterocycles. The summed E-state index contributed by atoms with van der Waals surface area (Å²) in [5.74, 6) is -1.15. The largest absolute Gasteiger partial charge is 0.443 e. The zero-order valence-electron chi connectivity index (χ0n) is 8.28. The van der Waals surface area contributed by atoms with E-state index in [-0.39, 0.29) is 12.3 Å².